The van der Waals surface area contributed by atoms with Gasteiger partial charge in [-0.1, -0.05) is 12.5 Å². The van der Waals surface area contributed by atoms with E-state index in [4.69, 9.17) is 20.9 Å². The van der Waals surface area contributed by atoms with E-state index in [-0.39, 0.29) is 23.8 Å². The number of carbonyl (C=O) groups excluding carboxylic acids is 1. The van der Waals surface area contributed by atoms with Crippen LogP contribution in [0.5, 0.6) is 5.75 Å². The summed E-state index contributed by atoms with van der Waals surface area (Å²) in [7, 11) is 0. The highest BCUT2D eigenvalue weighted by Crippen LogP contribution is 2.43. The van der Waals surface area contributed by atoms with E-state index in [2.05, 4.69) is 9.98 Å². The van der Waals surface area contributed by atoms with Gasteiger partial charge in [0.05, 0.1) is 12.2 Å². The summed E-state index contributed by atoms with van der Waals surface area (Å²) in [5.41, 5.74) is 11.4. The second-order valence-corrected chi connectivity index (χ2v) is 9.86. The Kier molecular flexibility index (Phi) is 6.11. The highest BCUT2D eigenvalue weighted by atomic mass is 19.1. The topological polar surface area (TPSA) is 119 Å². The molecule has 1 aromatic rings. The molecule has 4 rings (SSSR count). The van der Waals surface area contributed by atoms with Gasteiger partial charge in [0.1, 0.15) is 17.4 Å². The zero-order valence-electron chi connectivity index (χ0n) is 19.5. The van der Waals surface area contributed by atoms with Crippen LogP contribution < -0.4 is 21.1 Å². The van der Waals surface area contributed by atoms with Gasteiger partial charge < -0.3 is 25.8 Å². The van der Waals surface area contributed by atoms with Crippen molar-refractivity contribution in [2.75, 3.05) is 18.0 Å². The number of amides is 1. The second-order valence-electron chi connectivity index (χ2n) is 9.86. The first-order valence-corrected chi connectivity index (χ1v) is 11.5. The van der Waals surface area contributed by atoms with Crippen LogP contribution in [0.3, 0.4) is 0 Å². The molecule has 0 radical (unpaired) electrons. The summed E-state index contributed by atoms with van der Waals surface area (Å²) in [6.07, 6.45) is 4.25. The molecule has 180 valence electrons. The van der Waals surface area contributed by atoms with Crippen LogP contribution in [0.1, 0.15) is 59.3 Å². The minimum absolute atomic E-state index is 0.0762. The predicted octanol–water partition coefficient (Wildman–Crippen LogP) is 3.32. The fraction of sp³-hybridized carbons (Fsp3) is 0.609. The molecule has 1 aromatic carbocycles. The van der Waals surface area contributed by atoms with Crippen molar-refractivity contribution in [1.29, 1.82) is 0 Å². The number of hydrogen-bond donors (Lipinski definition) is 2. The summed E-state index contributed by atoms with van der Waals surface area (Å²) in [4.78, 5) is 24.6. The number of hydrogen-bond acceptors (Lipinski definition) is 8. The fourth-order valence-corrected chi connectivity index (χ4v) is 4.74. The lowest BCUT2D eigenvalue weighted by Crippen LogP contribution is -2.58. The zero-order chi connectivity index (χ0) is 23.8. The van der Waals surface area contributed by atoms with Crippen molar-refractivity contribution in [3.8, 4) is 5.75 Å². The Morgan fingerprint density at radius 2 is 1.94 bits per heavy atom. The summed E-state index contributed by atoms with van der Waals surface area (Å²) in [6.45, 7) is 6.24. The van der Waals surface area contributed by atoms with Gasteiger partial charge in [-0.15, -0.1) is 0 Å². The lowest BCUT2D eigenvalue weighted by Gasteiger charge is -2.46. The van der Waals surface area contributed by atoms with Gasteiger partial charge in [-0.05, 0) is 58.6 Å². The number of benzene rings is 1. The standard InChI is InChI=1S/C23H33FN6O3/c1-22(2,3)33-21(31)29-13-10-15(14-29)32-18-16(24)8-7-9-17(18)30-20(26)27-19(25)28-23(30)11-5-4-6-12-23/h7-9,15H,4-6,10-14H2,1-3H3,(H4,25,26,27,28). The highest BCUT2D eigenvalue weighted by molar-refractivity contribution is 6.06. The largest absolute Gasteiger partial charge is 0.483 e. The molecule has 1 unspecified atom stereocenters. The Morgan fingerprint density at radius 3 is 2.64 bits per heavy atom. The molecule has 10 heteroatoms. The molecule has 1 amide bonds. The SMILES string of the molecule is CC(C)(C)OC(=O)N1CCC(Oc2c(F)cccc2N2C(N)=NC(N)=NC23CCCCC3)C1. The van der Waals surface area contributed by atoms with Crippen molar-refractivity contribution in [2.24, 2.45) is 21.5 Å². The normalized spacial score (nSPS) is 22.7. The summed E-state index contributed by atoms with van der Waals surface area (Å²) in [5.74, 6) is -0.133. The smallest absolute Gasteiger partial charge is 0.410 e. The Bertz CT molecular complexity index is 967. The predicted molar refractivity (Wildman–Crippen MR) is 125 cm³/mol. The number of anilines is 1. The summed E-state index contributed by atoms with van der Waals surface area (Å²) < 4.78 is 26.7. The molecule has 1 aliphatic carbocycles. The number of nitrogens with two attached hydrogens (primary N) is 2. The Morgan fingerprint density at radius 1 is 1.21 bits per heavy atom. The summed E-state index contributed by atoms with van der Waals surface area (Å²) in [6, 6.07) is 4.72. The molecular formula is C23H33FN6O3. The maximum absolute atomic E-state index is 15.1. The first kappa shape index (κ1) is 23.1. The van der Waals surface area contributed by atoms with Crippen LogP contribution in [0.15, 0.2) is 28.2 Å². The molecule has 2 aliphatic heterocycles. The molecule has 4 N–H and O–H groups in total. The van der Waals surface area contributed by atoms with E-state index in [9.17, 15) is 4.79 Å². The molecular weight excluding hydrogens is 427 g/mol. The van der Waals surface area contributed by atoms with Crippen molar-refractivity contribution in [3.63, 3.8) is 0 Å². The van der Waals surface area contributed by atoms with Crippen molar-refractivity contribution in [1.82, 2.24) is 4.90 Å². The van der Waals surface area contributed by atoms with E-state index >= 15 is 4.39 Å². The number of aliphatic imine (C=N–C) groups is 2. The molecule has 0 bridgehead atoms. The first-order chi connectivity index (χ1) is 15.6. The lowest BCUT2D eigenvalue weighted by molar-refractivity contribution is 0.0275. The summed E-state index contributed by atoms with van der Waals surface area (Å²) >= 11 is 0. The molecule has 9 nitrogen and oxygen atoms in total. The van der Waals surface area contributed by atoms with Gasteiger partial charge in [-0.25, -0.2) is 14.2 Å². The van der Waals surface area contributed by atoms with Crippen molar-refractivity contribution in [3.05, 3.63) is 24.0 Å². The van der Waals surface area contributed by atoms with Gasteiger partial charge in [0.25, 0.3) is 0 Å². The number of carbonyl (C=O) groups is 1. The van der Waals surface area contributed by atoms with Crippen LogP contribution in [0.4, 0.5) is 14.9 Å². The van der Waals surface area contributed by atoms with Crippen molar-refractivity contribution >= 4 is 23.7 Å². The van der Waals surface area contributed by atoms with Crippen LogP contribution in [0.25, 0.3) is 0 Å². The number of guanidine groups is 2. The third-order valence-electron chi connectivity index (χ3n) is 6.12. The number of para-hydroxylation sites is 1. The maximum Gasteiger partial charge on any atom is 0.410 e. The van der Waals surface area contributed by atoms with E-state index in [0.29, 0.717) is 25.2 Å². The van der Waals surface area contributed by atoms with Crippen molar-refractivity contribution in [2.45, 2.75) is 76.7 Å². The monoisotopic (exact) mass is 460 g/mol. The van der Waals surface area contributed by atoms with Crippen LogP contribution in [0.2, 0.25) is 0 Å². The van der Waals surface area contributed by atoms with Crippen LogP contribution in [-0.2, 0) is 4.74 Å². The summed E-state index contributed by atoms with van der Waals surface area (Å²) in [5, 5.41) is 0. The van der Waals surface area contributed by atoms with Crippen LogP contribution >= 0.6 is 0 Å². The average Bonchev–Trinajstić information content (AvgIpc) is 3.18. The van der Waals surface area contributed by atoms with Crippen molar-refractivity contribution < 1.29 is 18.7 Å². The number of halogens is 1. The molecule has 1 atom stereocenters. The zero-order valence-corrected chi connectivity index (χ0v) is 19.5. The van der Waals surface area contributed by atoms with Gasteiger partial charge in [0.15, 0.2) is 11.6 Å². The molecule has 3 aliphatic rings. The van der Waals surface area contributed by atoms with Gasteiger partial charge in [-0.3, -0.25) is 4.90 Å². The van der Waals surface area contributed by atoms with E-state index in [1.54, 1.807) is 21.9 Å². The van der Waals surface area contributed by atoms with Gasteiger partial charge in [0.2, 0.25) is 11.9 Å². The Labute approximate surface area is 193 Å². The van der Waals surface area contributed by atoms with Gasteiger partial charge >= 0.3 is 6.09 Å². The second kappa shape index (κ2) is 8.72. The van der Waals surface area contributed by atoms with Gasteiger partial charge in [0, 0.05) is 13.0 Å². The quantitative estimate of drug-likeness (QED) is 0.714. The van der Waals surface area contributed by atoms with E-state index < -0.39 is 23.2 Å². The lowest BCUT2D eigenvalue weighted by atomic mass is 9.87. The molecule has 2 fully saturated rings. The minimum atomic E-state index is -0.710. The molecule has 1 saturated heterocycles. The van der Waals surface area contributed by atoms with Crippen LogP contribution in [0, 0.1) is 5.82 Å². The van der Waals surface area contributed by atoms with E-state index in [1.807, 2.05) is 20.8 Å². The van der Waals surface area contributed by atoms with E-state index in [0.717, 1.165) is 32.1 Å². The molecule has 1 saturated carbocycles. The molecule has 0 aromatic heterocycles. The maximum atomic E-state index is 15.1. The highest BCUT2D eigenvalue weighted by Gasteiger charge is 2.44. The number of rotatable bonds is 3. The number of ether oxygens (including phenoxy) is 2. The minimum Gasteiger partial charge on any atom is -0.483 e. The third kappa shape index (κ3) is 4.84. The molecule has 2 heterocycles. The Balaban J connectivity index is 1.60. The van der Waals surface area contributed by atoms with E-state index in [1.165, 1.54) is 6.07 Å². The molecule has 1 spiro atoms. The third-order valence-corrected chi connectivity index (χ3v) is 6.12. The van der Waals surface area contributed by atoms with Crippen LogP contribution in [-0.4, -0.2) is 53.4 Å². The number of nitrogens with zero attached hydrogens (tertiary/aromatic N) is 4. The van der Waals surface area contributed by atoms with Gasteiger partial charge in [-0.2, -0.15) is 4.99 Å². The number of likely N-dealkylation sites (tertiary alicyclic amines) is 1. The average molecular weight is 461 g/mol. The Hall–Kier alpha value is -3.04. The first-order valence-electron chi connectivity index (χ1n) is 11.5. The fourth-order valence-electron chi connectivity index (χ4n) is 4.74. The molecule has 33 heavy (non-hydrogen) atoms.